The van der Waals surface area contributed by atoms with Gasteiger partial charge in [-0.05, 0) is 23.1 Å². The van der Waals surface area contributed by atoms with Crippen molar-refractivity contribution >= 4 is 23.8 Å². The topological polar surface area (TPSA) is 119 Å². The summed E-state index contributed by atoms with van der Waals surface area (Å²) in [5, 5.41) is 11.2. The second-order valence-electron chi connectivity index (χ2n) is 7.35. The second kappa shape index (κ2) is 8.36. The van der Waals surface area contributed by atoms with Gasteiger partial charge >= 0.3 is 18.0 Å². The Bertz CT molecular complexity index is 947. The zero-order valence-electron chi connectivity index (χ0n) is 16.5. The summed E-state index contributed by atoms with van der Waals surface area (Å²) in [5.74, 6) is -6.35. The summed E-state index contributed by atoms with van der Waals surface area (Å²) in [6.07, 6.45) is -1.49. The van der Waals surface area contributed by atoms with Gasteiger partial charge in [-0.3, -0.25) is 14.4 Å². The number of benzene rings is 2. The largest absolute Gasteiger partial charge is 0.465 e. The molecule has 1 aliphatic rings. The van der Waals surface area contributed by atoms with E-state index in [0.717, 1.165) is 11.1 Å². The van der Waals surface area contributed by atoms with Crippen LogP contribution in [0.15, 0.2) is 54.6 Å². The van der Waals surface area contributed by atoms with Crippen molar-refractivity contribution in [3.8, 4) is 11.1 Å². The van der Waals surface area contributed by atoms with Crippen LogP contribution < -0.4 is 5.32 Å². The Morgan fingerprint density at radius 1 is 0.967 bits per heavy atom. The predicted octanol–water partition coefficient (Wildman–Crippen LogP) is 2.55. The summed E-state index contributed by atoms with van der Waals surface area (Å²) in [7, 11) is 0. The summed E-state index contributed by atoms with van der Waals surface area (Å²) in [4.78, 5) is 48.4. The molecule has 0 unspecified atom stereocenters. The van der Waals surface area contributed by atoms with Gasteiger partial charge in [-0.1, -0.05) is 54.6 Å². The van der Waals surface area contributed by atoms with Crippen LogP contribution >= 0.6 is 0 Å². The number of carbonyl (C=O) groups excluding carboxylic acids is 3. The third kappa shape index (κ3) is 4.83. The minimum atomic E-state index is -1.83. The predicted molar refractivity (Wildman–Crippen MR) is 105 cm³/mol. The number of carboxylic acid groups (broad SMARTS) is 1. The number of esters is 2. The second-order valence-corrected chi connectivity index (χ2v) is 7.35. The molecule has 8 heteroatoms. The molecule has 0 saturated carbocycles. The molecular formula is C22H21NO7. The number of rotatable bonds is 6. The van der Waals surface area contributed by atoms with Crippen molar-refractivity contribution in [2.24, 2.45) is 5.92 Å². The van der Waals surface area contributed by atoms with Gasteiger partial charge in [0, 0.05) is 13.8 Å². The Labute approximate surface area is 172 Å². The molecule has 1 saturated heterocycles. The highest BCUT2D eigenvalue weighted by Crippen LogP contribution is 2.25. The van der Waals surface area contributed by atoms with Gasteiger partial charge in [-0.2, -0.15) is 0 Å². The molecule has 156 valence electrons. The van der Waals surface area contributed by atoms with Crippen molar-refractivity contribution in [2.45, 2.75) is 32.1 Å². The first-order chi connectivity index (χ1) is 14.2. The van der Waals surface area contributed by atoms with E-state index in [-0.39, 0.29) is 6.42 Å². The summed E-state index contributed by atoms with van der Waals surface area (Å²) in [6, 6.07) is 15.5. The summed E-state index contributed by atoms with van der Waals surface area (Å²) < 4.78 is 9.94. The monoisotopic (exact) mass is 411 g/mol. The van der Waals surface area contributed by atoms with Gasteiger partial charge < -0.3 is 19.9 Å². The molecule has 30 heavy (non-hydrogen) atoms. The molecule has 3 rings (SSSR count). The quantitative estimate of drug-likeness (QED) is 0.554. The van der Waals surface area contributed by atoms with Crippen molar-refractivity contribution in [1.29, 1.82) is 0 Å². The lowest BCUT2D eigenvalue weighted by atomic mass is 9.92. The zero-order valence-corrected chi connectivity index (χ0v) is 16.5. The van der Waals surface area contributed by atoms with E-state index >= 15 is 0 Å². The fourth-order valence-electron chi connectivity index (χ4n) is 3.22. The van der Waals surface area contributed by atoms with Crippen LogP contribution in [0.1, 0.15) is 19.4 Å². The maximum Gasteiger partial charge on any atom is 0.405 e. The van der Waals surface area contributed by atoms with Crippen LogP contribution in [0, 0.1) is 5.92 Å². The minimum Gasteiger partial charge on any atom is -0.465 e. The minimum absolute atomic E-state index is 0.0410. The third-order valence-corrected chi connectivity index (χ3v) is 4.59. The molecule has 2 N–H and O–H groups in total. The van der Waals surface area contributed by atoms with E-state index in [4.69, 9.17) is 14.6 Å². The van der Waals surface area contributed by atoms with Crippen molar-refractivity contribution in [1.82, 2.24) is 5.32 Å². The van der Waals surface area contributed by atoms with Gasteiger partial charge in [0.25, 0.3) is 5.79 Å². The number of ketones is 1. The molecule has 1 aliphatic heterocycles. The standard InChI is InChI=1S/C22H21NO7/c1-22(2)29-19(25)17(20(26)30-22)18(24)16(23-21(27)28)12-13-8-10-15(11-9-13)14-6-4-3-5-7-14/h3-11,16-17,23H,12H2,1-2H3,(H,27,28)/t16-/m1/s1. The molecule has 0 aromatic heterocycles. The molecule has 0 radical (unpaired) electrons. The van der Waals surface area contributed by atoms with Crippen molar-refractivity contribution < 1.29 is 33.8 Å². The van der Waals surface area contributed by atoms with E-state index in [1.165, 1.54) is 13.8 Å². The van der Waals surface area contributed by atoms with Gasteiger partial charge in [0.2, 0.25) is 5.92 Å². The number of ether oxygens (including phenoxy) is 2. The number of hydrogen-bond donors (Lipinski definition) is 2. The van der Waals surface area contributed by atoms with Crippen LogP contribution in [0.25, 0.3) is 11.1 Å². The van der Waals surface area contributed by atoms with Crippen molar-refractivity contribution in [3.05, 3.63) is 60.2 Å². The van der Waals surface area contributed by atoms with E-state index < -0.39 is 41.6 Å². The summed E-state index contributed by atoms with van der Waals surface area (Å²) in [5.41, 5.74) is 2.62. The maximum absolute atomic E-state index is 12.8. The molecule has 1 atom stereocenters. The first-order valence-corrected chi connectivity index (χ1v) is 9.29. The highest BCUT2D eigenvalue weighted by atomic mass is 16.7. The summed E-state index contributed by atoms with van der Waals surface area (Å²) >= 11 is 0. The molecule has 0 aliphatic carbocycles. The molecule has 2 aromatic carbocycles. The Kier molecular flexibility index (Phi) is 5.86. The number of amides is 1. The maximum atomic E-state index is 12.8. The summed E-state index contributed by atoms with van der Waals surface area (Å²) in [6.45, 7) is 2.73. The molecule has 2 aromatic rings. The van der Waals surface area contributed by atoms with Gasteiger partial charge in [0.15, 0.2) is 5.78 Å². The molecule has 1 fully saturated rings. The number of hydrogen-bond acceptors (Lipinski definition) is 6. The molecule has 0 spiro atoms. The molecular weight excluding hydrogens is 390 g/mol. The first-order valence-electron chi connectivity index (χ1n) is 9.29. The van der Waals surface area contributed by atoms with Crippen LogP contribution in [0.4, 0.5) is 4.79 Å². The van der Waals surface area contributed by atoms with Gasteiger partial charge in [0.05, 0.1) is 6.04 Å². The normalized spacial score (nSPS) is 16.9. The Balaban J connectivity index is 1.79. The number of Topliss-reactive ketones (excluding diaryl/α,β-unsaturated/α-hetero) is 1. The molecule has 1 heterocycles. The fraction of sp³-hybridized carbons (Fsp3) is 0.273. The molecule has 8 nitrogen and oxygen atoms in total. The smallest absolute Gasteiger partial charge is 0.405 e. The first kappa shape index (κ1) is 21.0. The highest BCUT2D eigenvalue weighted by Gasteiger charge is 2.49. The third-order valence-electron chi connectivity index (χ3n) is 4.59. The van der Waals surface area contributed by atoms with Crippen molar-refractivity contribution in [2.75, 3.05) is 0 Å². The Morgan fingerprint density at radius 3 is 2.03 bits per heavy atom. The van der Waals surface area contributed by atoms with Crippen LogP contribution in [-0.4, -0.2) is 40.8 Å². The lowest BCUT2D eigenvalue weighted by molar-refractivity contribution is -0.238. The lowest BCUT2D eigenvalue weighted by Gasteiger charge is -2.33. The van der Waals surface area contributed by atoms with Gasteiger partial charge in [-0.25, -0.2) is 4.79 Å². The highest BCUT2D eigenvalue weighted by molar-refractivity contribution is 6.17. The van der Waals surface area contributed by atoms with Crippen LogP contribution in [-0.2, 0) is 30.3 Å². The average Bonchev–Trinajstić information content (AvgIpc) is 2.67. The van der Waals surface area contributed by atoms with E-state index in [0.29, 0.717) is 5.56 Å². The Hall–Kier alpha value is -3.68. The van der Waals surface area contributed by atoms with Crippen molar-refractivity contribution in [3.63, 3.8) is 0 Å². The fourth-order valence-corrected chi connectivity index (χ4v) is 3.22. The van der Waals surface area contributed by atoms with E-state index in [9.17, 15) is 19.2 Å². The molecule has 1 amide bonds. The average molecular weight is 411 g/mol. The van der Waals surface area contributed by atoms with Crippen LogP contribution in [0.5, 0.6) is 0 Å². The van der Waals surface area contributed by atoms with Crippen LogP contribution in [0.2, 0.25) is 0 Å². The Morgan fingerprint density at radius 2 is 1.50 bits per heavy atom. The lowest BCUT2D eigenvalue weighted by Crippen LogP contribution is -2.54. The van der Waals surface area contributed by atoms with E-state index in [1.807, 2.05) is 42.5 Å². The van der Waals surface area contributed by atoms with E-state index in [2.05, 4.69) is 5.32 Å². The SMILES string of the molecule is CC1(C)OC(=O)C(C(=O)[C@@H](Cc2ccc(-c3ccccc3)cc2)NC(=O)O)C(=O)O1. The number of carbonyl (C=O) groups is 4. The van der Waals surface area contributed by atoms with Crippen LogP contribution in [0.3, 0.4) is 0 Å². The zero-order chi connectivity index (χ0) is 21.9. The number of cyclic esters (lactones) is 2. The number of nitrogens with one attached hydrogen (secondary N) is 1. The van der Waals surface area contributed by atoms with Gasteiger partial charge in [-0.15, -0.1) is 0 Å². The molecule has 0 bridgehead atoms. The van der Waals surface area contributed by atoms with Gasteiger partial charge in [0.1, 0.15) is 0 Å². The van der Waals surface area contributed by atoms with E-state index in [1.54, 1.807) is 12.1 Å².